The van der Waals surface area contributed by atoms with E-state index >= 15 is 0 Å². The molecule has 2 heterocycles. The van der Waals surface area contributed by atoms with Crippen molar-refractivity contribution >= 4 is 44.9 Å². The van der Waals surface area contributed by atoms with E-state index in [1.807, 2.05) is 23.6 Å². The van der Waals surface area contributed by atoms with Crippen molar-refractivity contribution in [2.45, 2.75) is 17.2 Å². The number of halogens is 1. The molecule has 1 aromatic carbocycles. The Morgan fingerprint density at radius 2 is 2.05 bits per heavy atom. The first-order chi connectivity index (χ1) is 9.25. The van der Waals surface area contributed by atoms with E-state index in [0.717, 1.165) is 25.8 Å². The van der Waals surface area contributed by atoms with Gasteiger partial charge >= 0.3 is 0 Å². The highest BCUT2D eigenvalue weighted by atomic mass is 35.5. The predicted molar refractivity (Wildman–Crippen MR) is 83.1 cm³/mol. The molecule has 5 heteroatoms. The first kappa shape index (κ1) is 12.9. The molecule has 0 saturated carbocycles. The largest absolute Gasteiger partial charge is 0.229 e. The van der Waals surface area contributed by atoms with Crippen LogP contribution in [0, 0.1) is 0 Å². The van der Waals surface area contributed by atoms with E-state index in [1.54, 1.807) is 29.4 Å². The van der Waals surface area contributed by atoms with Crippen LogP contribution in [0.15, 0.2) is 47.1 Å². The van der Waals surface area contributed by atoms with Crippen molar-refractivity contribution in [2.24, 2.45) is 0 Å². The Hall–Kier alpha value is -1.10. The van der Waals surface area contributed by atoms with Crippen LogP contribution >= 0.6 is 34.7 Å². The minimum atomic E-state index is 0.256. The molecule has 0 spiro atoms. The van der Waals surface area contributed by atoms with Gasteiger partial charge in [-0.1, -0.05) is 41.6 Å². The van der Waals surface area contributed by atoms with Crippen LogP contribution in [0.25, 0.3) is 10.2 Å². The summed E-state index contributed by atoms with van der Waals surface area (Å²) in [4.78, 5) is 9.69. The molecular formula is C14H11ClN2S2. The van der Waals surface area contributed by atoms with Crippen LogP contribution in [0.2, 0.25) is 5.02 Å². The summed E-state index contributed by atoms with van der Waals surface area (Å²) in [6, 6.07) is 10.0. The molecule has 3 rings (SSSR count). The Morgan fingerprint density at radius 1 is 1.21 bits per heavy atom. The third-order valence-corrected chi connectivity index (χ3v) is 5.18. The van der Waals surface area contributed by atoms with Gasteiger partial charge in [-0.15, -0.1) is 11.3 Å². The normalized spacial score (nSPS) is 12.7. The molecule has 0 fully saturated rings. The van der Waals surface area contributed by atoms with E-state index in [2.05, 4.69) is 29.0 Å². The topological polar surface area (TPSA) is 25.8 Å². The van der Waals surface area contributed by atoms with Crippen LogP contribution in [-0.2, 0) is 0 Å². The molecule has 3 aromatic rings. The van der Waals surface area contributed by atoms with Crippen LogP contribution in [-0.4, -0.2) is 9.97 Å². The minimum absolute atomic E-state index is 0.256. The quantitative estimate of drug-likeness (QED) is 0.491. The zero-order valence-corrected chi connectivity index (χ0v) is 12.6. The Morgan fingerprint density at radius 3 is 2.89 bits per heavy atom. The summed E-state index contributed by atoms with van der Waals surface area (Å²) >= 11 is 9.59. The van der Waals surface area contributed by atoms with Crippen LogP contribution in [0.3, 0.4) is 0 Å². The van der Waals surface area contributed by atoms with Gasteiger partial charge in [0.2, 0.25) is 0 Å². The Kier molecular flexibility index (Phi) is 3.73. The van der Waals surface area contributed by atoms with Gasteiger partial charge < -0.3 is 0 Å². The van der Waals surface area contributed by atoms with Crippen molar-refractivity contribution < 1.29 is 0 Å². The predicted octanol–water partition coefficient (Wildman–Crippen LogP) is 5.20. The molecule has 0 saturated heterocycles. The Labute approximate surface area is 124 Å². The average molecular weight is 307 g/mol. The number of benzene rings is 1. The zero-order chi connectivity index (χ0) is 13.2. The molecule has 1 atom stereocenters. The third kappa shape index (κ3) is 2.61. The molecule has 96 valence electrons. The van der Waals surface area contributed by atoms with Gasteiger partial charge in [0, 0.05) is 15.7 Å². The summed E-state index contributed by atoms with van der Waals surface area (Å²) < 4.78 is 0. The smallest absolute Gasteiger partial charge is 0.127 e. The first-order valence-corrected chi connectivity index (χ1v) is 7.98. The zero-order valence-electron chi connectivity index (χ0n) is 10.2. The molecule has 0 N–H and O–H groups in total. The van der Waals surface area contributed by atoms with Gasteiger partial charge in [-0.05, 0) is 30.0 Å². The lowest BCUT2D eigenvalue weighted by atomic mass is 10.2. The van der Waals surface area contributed by atoms with E-state index < -0.39 is 0 Å². The monoisotopic (exact) mass is 306 g/mol. The molecule has 0 unspecified atom stereocenters. The second kappa shape index (κ2) is 5.49. The first-order valence-electron chi connectivity index (χ1n) is 5.85. The van der Waals surface area contributed by atoms with Gasteiger partial charge in [0.1, 0.15) is 16.2 Å². The van der Waals surface area contributed by atoms with Crippen molar-refractivity contribution in [3.05, 3.63) is 52.6 Å². The van der Waals surface area contributed by atoms with Gasteiger partial charge in [0.15, 0.2) is 0 Å². The fourth-order valence-electron chi connectivity index (χ4n) is 1.90. The number of rotatable bonds is 3. The number of hydrogen-bond donors (Lipinski definition) is 0. The van der Waals surface area contributed by atoms with Crippen molar-refractivity contribution in [3.8, 4) is 0 Å². The molecule has 0 radical (unpaired) electrons. The van der Waals surface area contributed by atoms with Crippen molar-refractivity contribution in [1.82, 2.24) is 9.97 Å². The van der Waals surface area contributed by atoms with E-state index in [0.29, 0.717) is 0 Å². The van der Waals surface area contributed by atoms with Gasteiger partial charge in [-0.25, -0.2) is 9.97 Å². The molecule has 0 aliphatic rings. The van der Waals surface area contributed by atoms with E-state index in [4.69, 9.17) is 11.6 Å². The molecule has 0 aliphatic carbocycles. The lowest BCUT2D eigenvalue weighted by Gasteiger charge is -2.12. The lowest BCUT2D eigenvalue weighted by Crippen LogP contribution is -1.91. The standard InChI is InChI=1S/C14H11ClN2S2/c1-9(10-4-2-3-5-12(10)15)19-14-11-6-7-18-13(11)16-8-17-14/h2-9H,1H3/t9-/m0/s1. The van der Waals surface area contributed by atoms with E-state index in [9.17, 15) is 0 Å². The highest BCUT2D eigenvalue weighted by molar-refractivity contribution is 7.99. The van der Waals surface area contributed by atoms with Crippen molar-refractivity contribution in [3.63, 3.8) is 0 Å². The minimum Gasteiger partial charge on any atom is -0.229 e. The number of aromatic nitrogens is 2. The highest BCUT2D eigenvalue weighted by Gasteiger charge is 2.14. The van der Waals surface area contributed by atoms with Gasteiger partial charge in [0.05, 0.1) is 0 Å². The SMILES string of the molecule is C[C@H](Sc1ncnc2sccc12)c1ccccc1Cl. The summed E-state index contributed by atoms with van der Waals surface area (Å²) in [6.07, 6.45) is 1.63. The summed E-state index contributed by atoms with van der Waals surface area (Å²) in [5.74, 6) is 0. The molecular weight excluding hydrogens is 296 g/mol. The molecule has 0 aliphatic heterocycles. The maximum absolute atomic E-state index is 6.24. The summed E-state index contributed by atoms with van der Waals surface area (Å²) in [7, 11) is 0. The summed E-state index contributed by atoms with van der Waals surface area (Å²) in [5, 5.41) is 5.24. The van der Waals surface area contributed by atoms with Crippen LogP contribution in [0.1, 0.15) is 17.7 Å². The second-order valence-corrected chi connectivity index (χ2v) is 6.73. The summed E-state index contributed by atoms with van der Waals surface area (Å²) in [5.41, 5.74) is 1.14. The van der Waals surface area contributed by atoms with Crippen LogP contribution in [0.4, 0.5) is 0 Å². The van der Waals surface area contributed by atoms with E-state index in [1.165, 1.54) is 0 Å². The summed E-state index contributed by atoms with van der Waals surface area (Å²) in [6.45, 7) is 2.15. The second-order valence-electron chi connectivity index (χ2n) is 4.10. The average Bonchev–Trinajstić information content (AvgIpc) is 2.88. The number of fused-ring (bicyclic) bond motifs is 1. The van der Waals surface area contributed by atoms with Crippen LogP contribution in [0.5, 0.6) is 0 Å². The van der Waals surface area contributed by atoms with E-state index in [-0.39, 0.29) is 5.25 Å². The number of thiophene rings is 1. The maximum Gasteiger partial charge on any atom is 0.127 e. The molecule has 2 nitrogen and oxygen atoms in total. The molecule has 2 aromatic heterocycles. The Bertz CT molecular complexity index is 711. The fourth-order valence-corrected chi connectivity index (χ4v) is 4.13. The Balaban J connectivity index is 1.93. The fraction of sp³-hybridized carbons (Fsp3) is 0.143. The molecule has 0 amide bonds. The lowest BCUT2D eigenvalue weighted by molar-refractivity contribution is 1.06. The van der Waals surface area contributed by atoms with Gasteiger partial charge in [0.25, 0.3) is 0 Å². The number of hydrogen-bond acceptors (Lipinski definition) is 4. The van der Waals surface area contributed by atoms with Crippen molar-refractivity contribution in [1.29, 1.82) is 0 Å². The highest BCUT2D eigenvalue weighted by Crippen LogP contribution is 2.39. The number of nitrogens with zero attached hydrogens (tertiary/aromatic N) is 2. The van der Waals surface area contributed by atoms with Crippen molar-refractivity contribution in [2.75, 3.05) is 0 Å². The number of thioether (sulfide) groups is 1. The van der Waals surface area contributed by atoms with Gasteiger partial charge in [-0.2, -0.15) is 0 Å². The van der Waals surface area contributed by atoms with Crippen LogP contribution < -0.4 is 0 Å². The van der Waals surface area contributed by atoms with Gasteiger partial charge in [-0.3, -0.25) is 0 Å². The maximum atomic E-state index is 6.24. The molecule has 0 bridgehead atoms. The molecule has 19 heavy (non-hydrogen) atoms. The third-order valence-electron chi connectivity index (χ3n) is 2.86.